The highest BCUT2D eigenvalue weighted by Crippen LogP contribution is 2.12. The first-order valence-electron chi connectivity index (χ1n) is 6.06. The van der Waals surface area contributed by atoms with E-state index in [1.165, 1.54) is 6.92 Å². The first kappa shape index (κ1) is 14.4. The molecule has 3 N–H and O–H groups in total. The van der Waals surface area contributed by atoms with Crippen LogP contribution < -0.4 is 11.1 Å². The number of anilines is 1. The molecule has 0 bridgehead atoms. The van der Waals surface area contributed by atoms with Crippen LogP contribution in [0.4, 0.5) is 5.69 Å². The zero-order valence-corrected chi connectivity index (χ0v) is 11.1. The van der Waals surface area contributed by atoms with E-state index in [1.807, 2.05) is 13.8 Å². The number of Topliss-reactive ketones (excluding diaryl/α,β-unsaturated/α-hetero) is 1. The lowest BCUT2D eigenvalue weighted by atomic mass is 10.0. The van der Waals surface area contributed by atoms with Crippen molar-refractivity contribution in [3.05, 3.63) is 29.8 Å². The van der Waals surface area contributed by atoms with E-state index in [1.54, 1.807) is 24.3 Å². The smallest absolute Gasteiger partial charge is 0.225 e. The van der Waals surface area contributed by atoms with Crippen LogP contribution in [-0.4, -0.2) is 17.7 Å². The molecule has 1 amide bonds. The molecule has 0 aliphatic heterocycles. The van der Waals surface area contributed by atoms with Crippen molar-refractivity contribution in [3.63, 3.8) is 0 Å². The molecular formula is C14H20N2O2. The monoisotopic (exact) mass is 248 g/mol. The Bertz CT molecular complexity index is 441. The summed E-state index contributed by atoms with van der Waals surface area (Å²) >= 11 is 0. The van der Waals surface area contributed by atoms with Crippen LogP contribution in [0.2, 0.25) is 0 Å². The van der Waals surface area contributed by atoms with Crippen LogP contribution in [0.3, 0.4) is 0 Å². The summed E-state index contributed by atoms with van der Waals surface area (Å²) < 4.78 is 0. The zero-order valence-electron chi connectivity index (χ0n) is 11.1. The second kappa shape index (κ2) is 6.31. The van der Waals surface area contributed by atoms with Gasteiger partial charge in [-0.05, 0) is 25.0 Å². The second-order valence-corrected chi connectivity index (χ2v) is 4.80. The fourth-order valence-electron chi connectivity index (χ4n) is 1.48. The third kappa shape index (κ3) is 4.30. The number of benzene rings is 1. The summed E-state index contributed by atoms with van der Waals surface area (Å²) in [5.41, 5.74) is 7.05. The highest BCUT2D eigenvalue weighted by atomic mass is 16.1. The molecule has 0 fully saturated rings. The molecule has 0 radical (unpaired) electrons. The zero-order chi connectivity index (χ0) is 13.7. The van der Waals surface area contributed by atoms with Gasteiger partial charge in [0.15, 0.2) is 5.78 Å². The molecule has 0 spiro atoms. The molecule has 1 rings (SSSR count). The summed E-state index contributed by atoms with van der Waals surface area (Å²) in [5.74, 6) is 0.112. The summed E-state index contributed by atoms with van der Waals surface area (Å²) in [5, 5.41) is 2.75. The maximum Gasteiger partial charge on any atom is 0.225 e. The molecule has 1 aromatic carbocycles. The van der Waals surface area contributed by atoms with E-state index in [4.69, 9.17) is 5.73 Å². The third-order valence-corrected chi connectivity index (χ3v) is 2.83. The lowest BCUT2D eigenvalue weighted by Crippen LogP contribution is -2.31. The van der Waals surface area contributed by atoms with Crippen molar-refractivity contribution >= 4 is 17.4 Å². The lowest BCUT2D eigenvalue weighted by molar-refractivity contribution is -0.116. The van der Waals surface area contributed by atoms with Crippen molar-refractivity contribution in [2.45, 2.75) is 33.2 Å². The molecule has 0 saturated heterocycles. The van der Waals surface area contributed by atoms with E-state index in [9.17, 15) is 9.59 Å². The quantitative estimate of drug-likeness (QED) is 0.785. The summed E-state index contributed by atoms with van der Waals surface area (Å²) in [6.07, 6.45) is 0.280. The minimum atomic E-state index is -0.152. The van der Waals surface area contributed by atoms with Crippen LogP contribution in [-0.2, 0) is 4.79 Å². The molecular weight excluding hydrogens is 228 g/mol. The molecule has 4 heteroatoms. The van der Waals surface area contributed by atoms with Gasteiger partial charge in [0.25, 0.3) is 0 Å². The molecule has 0 aromatic heterocycles. The van der Waals surface area contributed by atoms with Gasteiger partial charge in [0.05, 0.1) is 0 Å². The van der Waals surface area contributed by atoms with Gasteiger partial charge in [-0.2, -0.15) is 0 Å². The summed E-state index contributed by atoms with van der Waals surface area (Å²) in [6, 6.07) is 6.74. The lowest BCUT2D eigenvalue weighted by Gasteiger charge is -2.15. The first-order chi connectivity index (χ1) is 8.40. The predicted molar refractivity (Wildman–Crippen MR) is 72.5 cm³/mol. The number of hydrogen-bond acceptors (Lipinski definition) is 3. The maximum atomic E-state index is 11.7. The second-order valence-electron chi connectivity index (χ2n) is 4.80. The van der Waals surface area contributed by atoms with Crippen molar-refractivity contribution in [3.8, 4) is 0 Å². The average molecular weight is 248 g/mol. The Kier molecular flexibility index (Phi) is 5.04. The van der Waals surface area contributed by atoms with Crippen molar-refractivity contribution in [2.75, 3.05) is 5.32 Å². The van der Waals surface area contributed by atoms with Crippen LogP contribution in [0.5, 0.6) is 0 Å². The van der Waals surface area contributed by atoms with Gasteiger partial charge in [-0.1, -0.05) is 26.0 Å². The summed E-state index contributed by atoms with van der Waals surface area (Å²) in [7, 11) is 0. The van der Waals surface area contributed by atoms with Gasteiger partial charge in [0.1, 0.15) is 0 Å². The number of amides is 1. The van der Waals surface area contributed by atoms with Crippen LogP contribution in [0.15, 0.2) is 24.3 Å². The molecule has 18 heavy (non-hydrogen) atoms. The van der Waals surface area contributed by atoms with Gasteiger partial charge in [-0.25, -0.2) is 0 Å². The van der Waals surface area contributed by atoms with E-state index in [0.29, 0.717) is 11.3 Å². The van der Waals surface area contributed by atoms with E-state index in [0.717, 1.165) is 0 Å². The summed E-state index contributed by atoms with van der Waals surface area (Å²) in [6.45, 7) is 5.46. The molecule has 0 saturated carbocycles. The fourth-order valence-corrected chi connectivity index (χ4v) is 1.48. The Morgan fingerprint density at radius 1 is 1.33 bits per heavy atom. The Morgan fingerprint density at radius 3 is 2.56 bits per heavy atom. The predicted octanol–water partition coefficient (Wildman–Crippen LogP) is 2.20. The number of carbonyl (C=O) groups excluding carboxylic acids is 2. The first-order valence-corrected chi connectivity index (χ1v) is 6.06. The topological polar surface area (TPSA) is 72.2 Å². The van der Waals surface area contributed by atoms with Crippen molar-refractivity contribution in [1.82, 2.24) is 0 Å². The number of rotatable bonds is 5. The molecule has 1 unspecified atom stereocenters. The Hall–Kier alpha value is -1.68. The van der Waals surface area contributed by atoms with Gasteiger partial charge in [0, 0.05) is 23.7 Å². The largest absolute Gasteiger partial charge is 0.327 e. The standard InChI is InChI=1S/C14H20N2O2/c1-9(2)13(15)8-14(18)16-12-6-4-5-11(7-12)10(3)17/h4-7,9,13H,8,15H2,1-3H3,(H,16,18). The fraction of sp³-hybridized carbons (Fsp3) is 0.429. The number of ketones is 1. The van der Waals surface area contributed by atoms with Crippen LogP contribution in [0.1, 0.15) is 37.6 Å². The van der Waals surface area contributed by atoms with E-state index in [-0.39, 0.29) is 30.1 Å². The maximum absolute atomic E-state index is 11.7. The molecule has 0 heterocycles. The number of hydrogen-bond donors (Lipinski definition) is 2. The van der Waals surface area contributed by atoms with E-state index in [2.05, 4.69) is 5.32 Å². The van der Waals surface area contributed by atoms with Gasteiger partial charge >= 0.3 is 0 Å². The van der Waals surface area contributed by atoms with Crippen LogP contribution >= 0.6 is 0 Å². The molecule has 98 valence electrons. The highest BCUT2D eigenvalue weighted by Gasteiger charge is 2.13. The third-order valence-electron chi connectivity index (χ3n) is 2.83. The minimum Gasteiger partial charge on any atom is -0.327 e. The van der Waals surface area contributed by atoms with Crippen molar-refractivity contribution in [1.29, 1.82) is 0 Å². The normalized spacial score (nSPS) is 12.3. The summed E-state index contributed by atoms with van der Waals surface area (Å²) in [4.78, 5) is 23.0. The average Bonchev–Trinajstić information content (AvgIpc) is 2.28. The Labute approximate surface area is 108 Å². The van der Waals surface area contributed by atoms with Gasteiger partial charge < -0.3 is 11.1 Å². The molecule has 1 atom stereocenters. The number of nitrogens with two attached hydrogens (primary N) is 1. The van der Waals surface area contributed by atoms with Crippen LogP contribution in [0, 0.1) is 5.92 Å². The Balaban J connectivity index is 2.65. The van der Waals surface area contributed by atoms with E-state index >= 15 is 0 Å². The van der Waals surface area contributed by atoms with Crippen molar-refractivity contribution < 1.29 is 9.59 Å². The van der Waals surface area contributed by atoms with Gasteiger partial charge in [0.2, 0.25) is 5.91 Å². The van der Waals surface area contributed by atoms with Crippen molar-refractivity contribution in [2.24, 2.45) is 11.7 Å². The number of nitrogens with one attached hydrogen (secondary N) is 1. The van der Waals surface area contributed by atoms with Crippen LogP contribution in [0.25, 0.3) is 0 Å². The Morgan fingerprint density at radius 2 is 2.00 bits per heavy atom. The van der Waals surface area contributed by atoms with Gasteiger partial charge in [-0.15, -0.1) is 0 Å². The molecule has 1 aromatic rings. The minimum absolute atomic E-state index is 0.0232. The molecule has 4 nitrogen and oxygen atoms in total. The van der Waals surface area contributed by atoms with E-state index < -0.39 is 0 Å². The molecule has 0 aliphatic carbocycles. The number of carbonyl (C=O) groups is 2. The highest BCUT2D eigenvalue weighted by molar-refractivity contribution is 5.97. The SMILES string of the molecule is CC(=O)c1cccc(NC(=O)CC(N)C(C)C)c1. The molecule has 0 aliphatic rings. The van der Waals surface area contributed by atoms with Gasteiger partial charge in [-0.3, -0.25) is 9.59 Å².